The predicted octanol–water partition coefficient (Wildman–Crippen LogP) is 2.44. The molecule has 140 valence electrons. The van der Waals surface area contributed by atoms with Gasteiger partial charge in [0.25, 0.3) is 5.91 Å². The predicted molar refractivity (Wildman–Crippen MR) is 105 cm³/mol. The molecule has 1 atom stereocenters. The Labute approximate surface area is 160 Å². The minimum absolute atomic E-state index is 0.0780. The highest BCUT2D eigenvalue weighted by molar-refractivity contribution is 6.22. The van der Waals surface area contributed by atoms with Gasteiger partial charge in [0, 0.05) is 32.7 Å². The molecule has 0 bridgehead atoms. The van der Waals surface area contributed by atoms with Crippen LogP contribution in [0, 0.1) is 6.92 Å². The van der Waals surface area contributed by atoms with E-state index in [1.807, 2.05) is 37.3 Å². The van der Waals surface area contributed by atoms with E-state index in [4.69, 9.17) is 0 Å². The van der Waals surface area contributed by atoms with Gasteiger partial charge in [-0.05, 0) is 24.1 Å². The number of benzene rings is 2. The first kappa shape index (κ1) is 17.9. The van der Waals surface area contributed by atoms with E-state index in [-0.39, 0.29) is 24.3 Å². The highest BCUT2D eigenvalue weighted by Crippen LogP contribution is 2.28. The SMILES string of the molecule is Cc1ccccc1N1C(=O)CC(N2CCN(Cc3ccccc3)CC2)C1=O. The van der Waals surface area contributed by atoms with E-state index in [9.17, 15) is 9.59 Å². The fourth-order valence-corrected chi connectivity index (χ4v) is 4.04. The number of imide groups is 1. The van der Waals surface area contributed by atoms with Crippen molar-refractivity contribution in [3.63, 3.8) is 0 Å². The molecule has 2 saturated heterocycles. The van der Waals surface area contributed by atoms with Crippen molar-refractivity contribution in [3.8, 4) is 0 Å². The third-order valence-electron chi connectivity index (χ3n) is 5.58. The lowest BCUT2D eigenvalue weighted by molar-refractivity contribution is -0.123. The second-order valence-electron chi connectivity index (χ2n) is 7.37. The lowest BCUT2D eigenvalue weighted by Crippen LogP contribution is -2.52. The zero-order chi connectivity index (χ0) is 18.8. The van der Waals surface area contributed by atoms with Crippen LogP contribution >= 0.6 is 0 Å². The number of aryl methyl sites for hydroxylation is 1. The molecule has 2 aromatic rings. The van der Waals surface area contributed by atoms with Crippen LogP contribution in [0.25, 0.3) is 0 Å². The topological polar surface area (TPSA) is 43.9 Å². The van der Waals surface area contributed by atoms with Crippen molar-refractivity contribution >= 4 is 17.5 Å². The number of hydrogen-bond acceptors (Lipinski definition) is 4. The van der Waals surface area contributed by atoms with E-state index in [0.717, 1.165) is 44.0 Å². The summed E-state index contributed by atoms with van der Waals surface area (Å²) in [4.78, 5) is 31.5. The van der Waals surface area contributed by atoms with Crippen molar-refractivity contribution in [2.45, 2.75) is 25.9 Å². The molecule has 0 radical (unpaired) electrons. The summed E-state index contributed by atoms with van der Waals surface area (Å²) in [6.45, 7) is 6.33. The molecular formula is C22H25N3O2. The zero-order valence-corrected chi connectivity index (χ0v) is 15.7. The molecule has 5 nitrogen and oxygen atoms in total. The molecule has 2 aromatic carbocycles. The van der Waals surface area contributed by atoms with Gasteiger partial charge in [0.2, 0.25) is 5.91 Å². The van der Waals surface area contributed by atoms with Gasteiger partial charge in [-0.3, -0.25) is 19.4 Å². The number of rotatable bonds is 4. The Morgan fingerprint density at radius 2 is 1.56 bits per heavy atom. The standard InChI is InChI=1S/C22H25N3O2/c1-17-7-5-6-10-19(17)25-21(26)15-20(22(25)27)24-13-11-23(12-14-24)16-18-8-3-2-4-9-18/h2-10,20H,11-16H2,1H3. The molecule has 2 aliphatic rings. The van der Waals surface area contributed by atoms with Crippen LogP contribution in [-0.2, 0) is 16.1 Å². The van der Waals surface area contributed by atoms with Gasteiger partial charge in [-0.25, -0.2) is 4.90 Å². The number of amides is 2. The van der Waals surface area contributed by atoms with Crippen LogP contribution < -0.4 is 4.90 Å². The number of carbonyl (C=O) groups is 2. The number of anilines is 1. The quantitative estimate of drug-likeness (QED) is 0.783. The third kappa shape index (κ3) is 3.66. The van der Waals surface area contributed by atoms with Crippen molar-refractivity contribution in [1.29, 1.82) is 0 Å². The molecule has 0 aliphatic carbocycles. The summed E-state index contributed by atoms with van der Waals surface area (Å²) in [7, 11) is 0. The maximum Gasteiger partial charge on any atom is 0.251 e. The van der Waals surface area contributed by atoms with E-state index >= 15 is 0 Å². The lowest BCUT2D eigenvalue weighted by atomic mass is 10.1. The van der Waals surface area contributed by atoms with Crippen molar-refractivity contribution < 1.29 is 9.59 Å². The Kier molecular flexibility index (Phi) is 5.05. The highest BCUT2D eigenvalue weighted by Gasteiger charge is 2.43. The summed E-state index contributed by atoms with van der Waals surface area (Å²) in [6.07, 6.45) is 0.284. The van der Waals surface area contributed by atoms with Gasteiger partial charge in [-0.1, -0.05) is 48.5 Å². The number of nitrogens with zero attached hydrogens (tertiary/aromatic N) is 3. The van der Waals surface area contributed by atoms with Crippen molar-refractivity contribution in [3.05, 3.63) is 65.7 Å². The number of hydrogen-bond donors (Lipinski definition) is 0. The van der Waals surface area contributed by atoms with Gasteiger partial charge in [0.1, 0.15) is 0 Å². The first-order valence-electron chi connectivity index (χ1n) is 9.56. The summed E-state index contributed by atoms with van der Waals surface area (Å²) >= 11 is 0. The third-order valence-corrected chi connectivity index (χ3v) is 5.58. The van der Waals surface area contributed by atoms with Crippen LogP contribution in [0.1, 0.15) is 17.5 Å². The fraction of sp³-hybridized carbons (Fsp3) is 0.364. The molecule has 0 spiro atoms. The van der Waals surface area contributed by atoms with E-state index in [1.54, 1.807) is 0 Å². The Balaban J connectivity index is 1.40. The van der Waals surface area contributed by atoms with Gasteiger partial charge in [-0.15, -0.1) is 0 Å². The van der Waals surface area contributed by atoms with Crippen LogP contribution in [0.3, 0.4) is 0 Å². The Morgan fingerprint density at radius 1 is 0.889 bits per heavy atom. The molecule has 1 unspecified atom stereocenters. The summed E-state index contributed by atoms with van der Waals surface area (Å²) < 4.78 is 0. The largest absolute Gasteiger partial charge is 0.297 e. The molecule has 0 aromatic heterocycles. The molecule has 2 fully saturated rings. The van der Waals surface area contributed by atoms with Crippen LogP contribution in [0.4, 0.5) is 5.69 Å². The molecular weight excluding hydrogens is 338 g/mol. The summed E-state index contributed by atoms with van der Waals surface area (Å²) in [5, 5.41) is 0. The van der Waals surface area contributed by atoms with Gasteiger partial charge >= 0.3 is 0 Å². The number of carbonyl (C=O) groups excluding carboxylic acids is 2. The Morgan fingerprint density at radius 3 is 2.26 bits per heavy atom. The zero-order valence-electron chi connectivity index (χ0n) is 15.7. The van der Waals surface area contributed by atoms with E-state index in [0.29, 0.717) is 0 Å². The average molecular weight is 363 g/mol. The van der Waals surface area contributed by atoms with Gasteiger partial charge in [0.05, 0.1) is 18.2 Å². The molecule has 0 N–H and O–H groups in total. The fourth-order valence-electron chi connectivity index (χ4n) is 4.04. The maximum atomic E-state index is 13.0. The van der Waals surface area contributed by atoms with Gasteiger partial charge in [-0.2, -0.15) is 0 Å². The van der Waals surface area contributed by atoms with E-state index in [1.165, 1.54) is 10.5 Å². The van der Waals surface area contributed by atoms with Crippen LogP contribution in [0.15, 0.2) is 54.6 Å². The van der Waals surface area contributed by atoms with Crippen molar-refractivity contribution in [2.75, 3.05) is 31.1 Å². The minimum Gasteiger partial charge on any atom is -0.297 e. The first-order valence-corrected chi connectivity index (χ1v) is 9.56. The average Bonchev–Trinajstić information content (AvgIpc) is 2.98. The molecule has 0 saturated carbocycles. The van der Waals surface area contributed by atoms with Crippen LogP contribution in [0.5, 0.6) is 0 Å². The summed E-state index contributed by atoms with van der Waals surface area (Å²) in [5.41, 5.74) is 2.98. The van der Waals surface area contributed by atoms with Crippen molar-refractivity contribution in [1.82, 2.24) is 9.80 Å². The second-order valence-corrected chi connectivity index (χ2v) is 7.37. The lowest BCUT2D eigenvalue weighted by Gasteiger charge is -2.37. The normalized spacial score (nSPS) is 21.8. The molecule has 2 aliphatic heterocycles. The molecule has 5 heteroatoms. The Hall–Kier alpha value is -2.50. The smallest absolute Gasteiger partial charge is 0.251 e. The van der Waals surface area contributed by atoms with Crippen LogP contribution in [-0.4, -0.2) is 53.8 Å². The number of para-hydroxylation sites is 1. The summed E-state index contributed by atoms with van der Waals surface area (Å²) in [6, 6.07) is 17.7. The Bertz CT molecular complexity index is 828. The van der Waals surface area contributed by atoms with Gasteiger partial charge in [0.15, 0.2) is 0 Å². The molecule has 27 heavy (non-hydrogen) atoms. The maximum absolute atomic E-state index is 13.0. The molecule has 2 amide bonds. The summed E-state index contributed by atoms with van der Waals surface area (Å²) in [5.74, 6) is -0.170. The molecule has 4 rings (SSSR count). The number of piperazine rings is 1. The van der Waals surface area contributed by atoms with E-state index < -0.39 is 0 Å². The monoisotopic (exact) mass is 363 g/mol. The molecule has 2 heterocycles. The first-order chi connectivity index (χ1) is 13.1. The van der Waals surface area contributed by atoms with Crippen molar-refractivity contribution in [2.24, 2.45) is 0 Å². The van der Waals surface area contributed by atoms with Gasteiger partial charge < -0.3 is 0 Å². The minimum atomic E-state index is -0.323. The highest BCUT2D eigenvalue weighted by atomic mass is 16.2. The second kappa shape index (κ2) is 7.62. The van der Waals surface area contributed by atoms with Crippen LogP contribution in [0.2, 0.25) is 0 Å². The van der Waals surface area contributed by atoms with E-state index in [2.05, 4.69) is 34.1 Å².